The van der Waals surface area contributed by atoms with Crippen molar-refractivity contribution in [2.45, 2.75) is 50.0 Å². The number of amides is 1. The second-order valence-corrected chi connectivity index (χ2v) is 6.90. The molecular weight excluding hydrogens is 280 g/mol. The quantitative estimate of drug-likeness (QED) is 0.783. The van der Waals surface area contributed by atoms with Crippen LogP contribution in [0.5, 0.6) is 0 Å². The van der Waals surface area contributed by atoms with Gasteiger partial charge in [-0.15, -0.1) is 11.8 Å². The van der Waals surface area contributed by atoms with E-state index in [0.717, 1.165) is 17.4 Å². The first-order valence-electron chi connectivity index (χ1n) is 7.87. The number of carbonyl (C=O) groups excluding carboxylic acids is 1. The normalized spacial score (nSPS) is 17.4. The third kappa shape index (κ3) is 5.36. The predicted molar refractivity (Wildman–Crippen MR) is 90.9 cm³/mol. The lowest BCUT2D eigenvalue weighted by Gasteiger charge is -2.29. The van der Waals surface area contributed by atoms with Crippen molar-refractivity contribution in [2.24, 2.45) is 5.92 Å². The molecule has 0 saturated heterocycles. The van der Waals surface area contributed by atoms with Crippen LogP contribution in [0.1, 0.15) is 39.0 Å². The van der Waals surface area contributed by atoms with E-state index in [-0.39, 0.29) is 5.91 Å². The molecule has 1 unspecified atom stereocenters. The second-order valence-electron chi connectivity index (χ2n) is 5.81. The lowest BCUT2D eigenvalue weighted by atomic mass is 9.84. The van der Waals surface area contributed by atoms with Gasteiger partial charge in [-0.3, -0.25) is 4.79 Å². The summed E-state index contributed by atoms with van der Waals surface area (Å²) in [7, 11) is 2.08. The molecule has 0 aliphatic heterocycles. The third-order valence-corrected chi connectivity index (χ3v) is 5.33. The van der Waals surface area contributed by atoms with Crippen LogP contribution in [0.4, 0.5) is 5.69 Å². The molecule has 2 N–H and O–H groups in total. The molecule has 4 heteroatoms. The van der Waals surface area contributed by atoms with Gasteiger partial charge in [0, 0.05) is 29.3 Å². The van der Waals surface area contributed by atoms with Crippen molar-refractivity contribution in [3.8, 4) is 0 Å². The van der Waals surface area contributed by atoms with Crippen molar-refractivity contribution in [1.82, 2.24) is 5.32 Å². The number of nitrogens with one attached hydrogen (secondary N) is 2. The maximum absolute atomic E-state index is 11.0. The Morgan fingerprint density at radius 1 is 1.24 bits per heavy atom. The summed E-state index contributed by atoms with van der Waals surface area (Å²) in [4.78, 5) is 12.3. The Bertz CT molecular complexity index is 441. The van der Waals surface area contributed by atoms with Gasteiger partial charge < -0.3 is 10.6 Å². The van der Waals surface area contributed by atoms with Crippen molar-refractivity contribution < 1.29 is 4.79 Å². The molecule has 0 aromatic heterocycles. The number of rotatable bonds is 6. The first-order valence-corrected chi connectivity index (χ1v) is 8.85. The van der Waals surface area contributed by atoms with Gasteiger partial charge in [-0.25, -0.2) is 0 Å². The Kier molecular flexibility index (Phi) is 6.58. The average Bonchev–Trinajstić information content (AvgIpc) is 2.50. The minimum absolute atomic E-state index is 0.0250. The van der Waals surface area contributed by atoms with Crippen LogP contribution in [0.2, 0.25) is 0 Å². The standard InChI is InChI=1S/C17H26N2OS/c1-13(20)19-15-8-10-16(11-9-15)21-12-17(18-2)14-6-4-3-5-7-14/h8-11,14,17-18H,3-7,12H2,1-2H3,(H,19,20). The maximum Gasteiger partial charge on any atom is 0.221 e. The molecule has 1 atom stereocenters. The van der Waals surface area contributed by atoms with E-state index >= 15 is 0 Å². The average molecular weight is 306 g/mol. The molecule has 1 aromatic rings. The van der Waals surface area contributed by atoms with E-state index in [1.807, 2.05) is 23.9 Å². The molecule has 3 nitrogen and oxygen atoms in total. The van der Waals surface area contributed by atoms with Crippen LogP contribution in [0.15, 0.2) is 29.2 Å². The number of hydrogen-bond donors (Lipinski definition) is 2. The third-order valence-electron chi connectivity index (χ3n) is 4.19. The number of hydrogen-bond acceptors (Lipinski definition) is 3. The van der Waals surface area contributed by atoms with Gasteiger partial charge in [-0.2, -0.15) is 0 Å². The first-order chi connectivity index (χ1) is 10.2. The highest BCUT2D eigenvalue weighted by atomic mass is 32.2. The van der Waals surface area contributed by atoms with Crippen LogP contribution < -0.4 is 10.6 Å². The Hall–Kier alpha value is -1.00. The van der Waals surface area contributed by atoms with Crippen molar-refractivity contribution in [3.63, 3.8) is 0 Å². The fourth-order valence-corrected chi connectivity index (χ4v) is 4.15. The molecule has 0 heterocycles. The SMILES string of the molecule is CNC(CSc1ccc(NC(C)=O)cc1)C1CCCCC1. The van der Waals surface area contributed by atoms with Crippen molar-refractivity contribution >= 4 is 23.4 Å². The molecule has 0 bridgehead atoms. The molecule has 0 radical (unpaired) electrons. The molecule has 1 aliphatic rings. The fourth-order valence-electron chi connectivity index (χ4n) is 3.02. The van der Waals surface area contributed by atoms with Crippen molar-refractivity contribution in [1.29, 1.82) is 0 Å². The number of anilines is 1. The smallest absolute Gasteiger partial charge is 0.221 e. The monoisotopic (exact) mass is 306 g/mol. The van der Waals surface area contributed by atoms with E-state index in [0.29, 0.717) is 6.04 Å². The summed E-state index contributed by atoms with van der Waals surface area (Å²) in [6.45, 7) is 1.53. The highest BCUT2D eigenvalue weighted by molar-refractivity contribution is 7.99. The summed E-state index contributed by atoms with van der Waals surface area (Å²) in [5, 5.41) is 6.30. The molecule has 116 valence electrons. The van der Waals surface area contributed by atoms with Gasteiger partial charge in [-0.05, 0) is 50.1 Å². The van der Waals surface area contributed by atoms with E-state index in [4.69, 9.17) is 0 Å². The fraction of sp³-hybridized carbons (Fsp3) is 0.588. The van der Waals surface area contributed by atoms with Gasteiger partial charge in [0.25, 0.3) is 0 Å². The Morgan fingerprint density at radius 2 is 1.90 bits per heavy atom. The molecule has 1 aliphatic carbocycles. The summed E-state index contributed by atoms with van der Waals surface area (Å²) < 4.78 is 0. The van der Waals surface area contributed by atoms with Crippen LogP contribution in [0.25, 0.3) is 0 Å². The Balaban J connectivity index is 1.84. The number of benzene rings is 1. The minimum Gasteiger partial charge on any atom is -0.326 e. The molecule has 21 heavy (non-hydrogen) atoms. The summed E-state index contributed by atoms with van der Waals surface area (Å²) in [6.07, 6.45) is 6.92. The summed E-state index contributed by atoms with van der Waals surface area (Å²) in [5.41, 5.74) is 0.865. The largest absolute Gasteiger partial charge is 0.326 e. The van der Waals surface area contributed by atoms with Crippen LogP contribution in [-0.4, -0.2) is 24.7 Å². The number of thioether (sulfide) groups is 1. The van der Waals surface area contributed by atoms with E-state index in [1.54, 1.807) is 0 Å². The van der Waals surface area contributed by atoms with E-state index in [9.17, 15) is 4.79 Å². The van der Waals surface area contributed by atoms with Crippen LogP contribution in [0.3, 0.4) is 0 Å². The van der Waals surface area contributed by atoms with Crippen molar-refractivity contribution in [2.75, 3.05) is 18.1 Å². The zero-order chi connectivity index (χ0) is 15.1. The Labute approximate surface area is 132 Å². The van der Waals surface area contributed by atoms with Gasteiger partial charge in [0.1, 0.15) is 0 Å². The van der Waals surface area contributed by atoms with Crippen LogP contribution in [0, 0.1) is 5.92 Å². The summed E-state index contributed by atoms with van der Waals surface area (Å²) in [5.74, 6) is 1.92. The molecular formula is C17H26N2OS. The van der Waals surface area contributed by atoms with Gasteiger partial charge in [-0.1, -0.05) is 19.3 Å². The van der Waals surface area contributed by atoms with Crippen molar-refractivity contribution in [3.05, 3.63) is 24.3 Å². The van der Waals surface area contributed by atoms with E-state index in [2.05, 4.69) is 29.8 Å². The zero-order valence-electron chi connectivity index (χ0n) is 13.0. The van der Waals surface area contributed by atoms with Gasteiger partial charge in [0.05, 0.1) is 0 Å². The van der Waals surface area contributed by atoms with E-state index < -0.39 is 0 Å². The first kappa shape index (κ1) is 16.4. The topological polar surface area (TPSA) is 41.1 Å². The molecule has 1 aromatic carbocycles. The molecule has 1 saturated carbocycles. The minimum atomic E-state index is -0.0250. The van der Waals surface area contributed by atoms with Crippen LogP contribution in [-0.2, 0) is 4.79 Å². The van der Waals surface area contributed by atoms with Gasteiger partial charge >= 0.3 is 0 Å². The lowest BCUT2D eigenvalue weighted by molar-refractivity contribution is -0.114. The summed E-state index contributed by atoms with van der Waals surface area (Å²) in [6, 6.07) is 8.72. The highest BCUT2D eigenvalue weighted by Gasteiger charge is 2.22. The van der Waals surface area contributed by atoms with Gasteiger partial charge in [0.15, 0.2) is 0 Å². The molecule has 1 fully saturated rings. The maximum atomic E-state index is 11.0. The summed E-state index contributed by atoms with van der Waals surface area (Å²) >= 11 is 1.90. The molecule has 2 rings (SSSR count). The van der Waals surface area contributed by atoms with Crippen LogP contribution >= 0.6 is 11.8 Å². The Morgan fingerprint density at radius 3 is 2.48 bits per heavy atom. The zero-order valence-corrected chi connectivity index (χ0v) is 13.8. The second kappa shape index (κ2) is 8.44. The predicted octanol–water partition coefficient (Wildman–Crippen LogP) is 3.91. The number of carbonyl (C=O) groups is 1. The lowest BCUT2D eigenvalue weighted by Crippen LogP contribution is -2.36. The molecule has 0 spiro atoms. The van der Waals surface area contributed by atoms with Gasteiger partial charge in [0.2, 0.25) is 5.91 Å². The highest BCUT2D eigenvalue weighted by Crippen LogP contribution is 2.30. The molecule has 1 amide bonds. The van der Waals surface area contributed by atoms with E-state index in [1.165, 1.54) is 43.9 Å².